The highest BCUT2D eigenvalue weighted by atomic mass is 19.1. The summed E-state index contributed by atoms with van der Waals surface area (Å²) in [6.45, 7) is 0.465. The van der Waals surface area contributed by atoms with Crippen LogP contribution in [0.2, 0.25) is 0 Å². The number of fused-ring (bicyclic) bond motifs is 1. The molecule has 2 N–H and O–H groups in total. The Morgan fingerprint density at radius 2 is 1.95 bits per heavy atom. The van der Waals surface area contributed by atoms with E-state index in [4.69, 9.17) is 10.2 Å². The number of pyridine rings is 1. The highest BCUT2D eigenvalue weighted by Crippen LogP contribution is 2.23. The summed E-state index contributed by atoms with van der Waals surface area (Å²) < 4.78 is 19.2. The average Bonchev–Trinajstić information content (AvgIpc) is 2.81. The second-order valence-electron chi connectivity index (χ2n) is 4.14. The third-order valence-electron chi connectivity index (χ3n) is 2.81. The number of nitrogens with zero attached hydrogens (tertiary/aromatic N) is 2. The lowest BCUT2D eigenvalue weighted by molar-refractivity contribution is 0.531. The minimum atomic E-state index is -0.306. The molecule has 0 fully saturated rings. The Morgan fingerprint density at radius 1 is 1.11 bits per heavy atom. The molecule has 5 heteroatoms. The quantitative estimate of drug-likeness (QED) is 0.783. The van der Waals surface area contributed by atoms with Crippen molar-refractivity contribution in [2.24, 2.45) is 5.73 Å². The number of aromatic nitrogens is 2. The Bertz CT molecular complexity index is 724. The highest BCUT2D eigenvalue weighted by Gasteiger charge is 2.10. The number of rotatable bonds is 3. The number of oxazole rings is 1. The van der Waals surface area contributed by atoms with Crippen LogP contribution in [-0.4, -0.2) is 16.5 Å². The number of benzene rings is 1. The van der Waals surface area contributed by atoms with Crippen molar-refractivity contribution in [1.82, 2.24) is 9.97 Å². The molecule has 19 heavy (non-hydrogen) atoms. The van der Waals surface area contributed by atoms with Crippen molar-refractivity contribution in [3.63, 3.8) is 0 Å². The summed E-state index contributed by atoms with van der Waals surface area (Å²) in [4.78, 5) is 8.56. The van der Waals surface area contributed by atoms with Gasteiger partial charge in [-0.3, -0.25) is 0 Å². The van der Waals surface area contributed by atoms with E-state index in [9.17, 15) is 4.39 Å². The van der Waals surface area contributed by atoms with Gasteiger partial charge in [0.1, 0.15) is 5.82 Å². The molecule has 0 bridgehead atoms. The summed E-state index contributed by atoms with van der Waals surface area (Å²) in [5.74, 6) is 0.246. The molecule has 4 nitrogen and oxygen atoms in total. The van der Waals surface area contributed by atoms with E-state index in [1.807, 2.05) is 0 Å². The Labute approximate surface area is 109 Å². The molecule has 2 heterocycles. The smallest absolute Gasteiger partial charge is 0.199 e. The molecule has 0 aliphatic carbocycles. The van der Waals surface area contributed by atoms with Gasteiger partial charge in [0.15, 0.2) is 17.1 Å². The van der Waals surface area contributed by atoms with Crippen molar-refractivity contribution in [2.45, 2.75) is 6.42 Å². The van der Waals surface area contributed by atoms with Crippen molar-refractivity contribution in [2.75, 3.05) is 6.54 Å². The highest BCUT2D eigenvalue weighted by molar-refractivity contribution is 5.73. The van der Waals surface area contributed by atoms with E-state index < -0.39 is 0 Å². The number of hydrogen-bond acceptors (Lipinski definition) is 4. The summed E-state index contributed by atoms with van der Waals surface area (Å²) in [6.07, 6.45) is 0.561. The van der Waals surface area contributed by atoms with Gasteiger partial charge >= 0.3 is 0 Å². The summed E-state index contributed by atoms with van der Waals surface area (Å²) >= 11 is 0. The van der Waals surface area contributed by atoms with Crippen LogP contribution >= 0.6 is 0 Å². The van der Waals surface area contributed by atoms with Crippen LogP contribution < -0.4 is 5.73 Å². The maximum atomic E-state index is 13.7. The van der Waals surface area contributed by atoms with Gasteiger partial charge in [0.25, 0.3) is 0 Å². The maximum absolute atomic E-state index is 13.7. The standard InChI is InChI=1S/C14H12FN3O/c15-10-4-2-1-3-9(10)11-5-6-12-14(17-11)18-13(19-12)7-8-16/h1-6H,7-8,16H2. The molecule has 0 unspecified atom stereocenters. The minimum Gasteiger partial charge on any atom is -0.439 e. The van der Waals surface area contributed by atoms with Crippen LogP contribution in [0, 0.1) is 5.82 Å². The van der Waals surface area contributed by atoms with Gasteiger partial charge in [-0.1, -0.05) is 12.1 Å². The number of nitrogens with two attached hydrogens (primary N) is 1. The average molecular weight is 257 g/mol. The largest absolute Gasteiger partial charge is 0.439 e. The van der Waals surface area contributed by atoms with Crippen molar-refractivity contribution < 1.29 is 8.81 Å². The molecule has 0 spiro atoms. The van der Waals surface area contributed by atoms with Crippen LogP contribution in [0.4, 0.5) is 4.39 Å². The summed E-state index contributed by atoms with van der Waals surface area (Å²) in [5.41, 5.74) is 7.51. The first-order valence-corrected chi connectivity index (χ1v) is 5.99. The molecule has 0 aliphatic rings. The Morgan fingerprint density at radius 3 is 2.74 bits per heavy atom. The van der Waals surface area contributed by atoms with Gasteiger partial charge in [0.2, 0.25) is 0 Å². The minimum absolute atomic E-state index is 0.306. The zero-order valence-corrected chi connectivity index (χ0v) is 10.1. The lowest BCUT2D eigenvalue weighted by Gasteiger charge is -2.00. The summed E-state index contributed by atoms with van der Waals surface area (Å²) in [7, 11) is 0. The molecule has 0 aliphatic heterocycles. The van der Waals surface area contributed by atoms with Crippen molar-refractivity contribution >= 4 is 11.2 Å². The van der Waals surface area contributed by atoms with Gasteiger partial charge in [-0.2, -0.15) is 4.98 Å². The molecular weight excluding hydrogens is 245 g/mol. The molecule has 0 amide bonds. The van der Waals surface area contributed by atoms with Gasteiger partial charge < -0.3 is 10.2 Å². The maximum Gasteiger partial charge on any atom is 0.199 e. The molecule has 3 rings (SSSR count). The first kappa shape index (κ1) is 11.8. The Kier molecular flexibility index (Phi) is 2.97. The van der Waals surface area contributed by atoms with E-state index in [1.165, 1.54) is 6.07 Å². The van der Waals surface area contributed by atoms with Crippen LogP contribution in [0.5, 0.6) is 0 Å². The first-order valence-electron chi connectivity index (χ1n) is 5.99. The van der Waals surface area contributed by atoms with Gasteiger partial charge in [-0.05, 0) is 24.3 Å². The van der Waals surface area contributed by atoms with Crippen molar-refractivity contribution in [3.05, 3.63) is 48.1 Å². The van der Waals surface area contributed by atoms with E-state index in [2.05, 4.69) is 9.97 Å². The fourth-order valence-corrected chi connectivity index (χ4v) is 1.91. The second kappa shape index (κ2) is 4.78. The lowest BCUT2D eigenvalue weighted by atomic mass is 10.1. The van der Waals surface area contributed by atoms with Crippen LogP contribution in [-0.2, 0) is 6.42 Å². The normalized spacial score (nSPS) is 11.1. The lowest BCUT2D eigenvalue weighted by Crippen LogP contribution is -2.02. The van der Waals surface area contributed by atoms with Gasteiger partial charge in [-0.15, -0.1) is 0 Å². The topological polar surface area (TPSA) is 64.9 Å². The molecule has 0 radical (unpaired) electrons. The van der Waals surface area contributed by atoms with E-state index in [0.717, 1.165) is 0 Å². The van der Waals surface area contributed by atoms with Crippen LogP contribution in [0.3, 0.4) is 0 Å². The first-order chi connectivity index (χ1) is 9.28. The molecule has 0 saturated carbocycles. The van der Waals surface area contributed by atoms with Crippen molar-refractivity contribution in [1.29, 1.82) is 0 Å². The summed E-state index contributed by atoms with van der Waals surface area (Å²) in [5, 5.41) is 0. The monoisotopic (exact) mass is 257 g/mol. The van der Waals surface area contributed by atoms with E-state index >= 15 is 0 Å². The molecule has 2 aromatic heterocycles. The Balaban J connectivity index is 2.08. The fraction of sp³-hybridized carbons (Fsp3) is 0.143. The molecule has 0 atom stereocenters. The van der Waals surface area contributed by atoms with Gasteiger partial charge in [0.05, 0.1) is 5.69 Å². The van der Waals surface area contributed by atoms with E-state index in [-0.39, 0.29) is 5.82 Å². The van der Waals surface area contributed by atoms with Crippen LogP contribution in [0.1, 0.15) is 5.89 Å². The molecular formula is C14H12FN3O. The van der Waals surface area contributed by atoms with Gasteiger partial charge in [0, 0.05) is 18.5 Å². The molecule has 0 saturated heterocycles. The zero-order valence-electron chi connectivity index (χ0n) is 10.1. The Hall–Kier alpha value is -2.27. The van der Waals surface area contributed by atoms with E-state index in [0.29, 0.717) is 41.3 Å². The SMILES string of the molecule is NCCc1nc2nc(-c3ccccc3F)ccc2o1. The molecule has 3 aromatic rings. The third kappa shape index (κ3) is 2.20. The predicted molar refractivity (Wildman–Crippen MR) is 70.0 cm³/mol. The second-order valence-corrected chi connectivity index (χ2v) is 4.14. The van der Waals surface area contributed by atoms with Crippen LogP contribution in [0.15, 0.2) is 40.8 Å². The fourth-order valence-electron chi connectivity index (χ4n) is 1.91. The third-order valence-corrected chi connectivity index (χ3v) is 2.81. The van der Waals surface area contributed by atoms with E-state index in [1.54, 1.807) is 30.3 Å². The number of halogens is 1. The zero-order chi connectivity index (χ0) is 13.2. The summed E-state index contributed by atoms with van der Waals surface area (Å²) in [6, 6.07) is 9.98. The van der Waals surface area contributed by atoms with Crippen LogP contribution in [0.25, 0.3) is 22.5 Å². The van der Waals surface area contributed by atoms with Gasteiger partial charge in [-0.25, -0.2) is 9.37 Å². The molecule has 1 aromatic carbocycles. The number of hydrogen-bond donors (Lipinski definition) is 1. The molecule has 96 valence electrons. The predicted octanol–water partition coefficient (Wildman–Crippen LogP) is 2.53. The van der Waals surface area contributed by atoms with Crippen molar-refractivity contribution in [3.8, 4) is 11.3 Å².